The number of benzene rings is 3. The Kier molecular flexibility index (Phi) is 20.8. The largest absolute Gasteiger partial charge is 0.460 e. The van der Waals surface area contributed by atoms with Gasteiger partial charge in [-0.25, -0.2) is 0 Å². The van der Waals surface area contributed by atoms with Crippen LogP contribution in [0.5, 0.6) is 0 Å². The molecular weight excluding hydrogens is 923 g/mol. The summed E-state index contributed by atoms with van der Waals surface area (Å²) in [6.45, 7) is 14.1. The minimum absolute atomic E-state index is 0.0609. The minimum atomic E-state index is -0.495. The maximum absolute atomic E-state index is 14.1. The van der Waals surface area contributed by atoms with Crippen molar-refractivity contribution in [1.82, 2.24) is 25.0 Å². The maximum Gasteiger partial charge on any atom is 0.308 e. The van der Waals surface area contributed by atoms with Gasteiger partial charge in [0, 0.05) is 86.5 Å². The summed E-state index contributed by atoms with van der Waals surface area (Å²) in [5.74, 6) is -0.919. The van der Waals surface area contributed by atoms with Crippen molar-refractivity contribution >= 4 is 35.1 Å². The molecule has 73 heavy (non-hydrogen) atoms. The fourth-order valence-electron chi connectivity index (χ4n) is 9.98. The quantitative estimate of drug-likeness (QED) is 0.0512. The molecule has 15 nitrogen and oxygen atoms in total. The number of nitrogens with zero attached hydrogens (tertiary/aromatic N) is 5. The second-order valence-corrected chi connectivity index (χ2v) is 20.7. The van der Waals surface area contributed by atoms with Crippen LogP contribution in [0.2, 0.25) is 0 Å². The zero-order valence-electron chi connectivity index (χ0n) is 44.0. The average molecular weight is 1000 g/mol. The number of aryl methyl sites for hydroxylation is 1. The number of esters is 1. The maximum atomic E-state index is 14.1. The van der Waals surface area contributed by atoms with Gasteiger partial charge in [-0.1, -0.05) is 36.8 Å². The Hall–Kier alpha value is -5.71. The summed E-state index contributed by atoms with van der Waals surface area (Å²) in [5, 5.41) is 6.42. The van der Waals surface area contributed by atoms with Crippen molar-refractivity contribution in [2.24, 2.45) is 0 Å². The summed E-state index contributed by atoms with van der Waals surface area (Å²) in [6.07, 6.45) is 11.6. The van der Waals surface area contributed by atoms with Gasteiger partial charge in [-0.05, 0) is 145 Å². The van der Waals surface area contributed by atoms with E-state index >= 15 is 0 Å². The summed E-state index contributed by atoms with van der Waals surface area (Å²) in [7, 11) is 3.95. The van der Waals surface area contributed by atoms with Crippen molar-refractivity contribution in [3.8, 4) is 11.3 Å². The van der Waals surface area contributed by atoms with Crippen LogP contribution < -0.4 is 15.5 Å². The Balaban J connectivity index is 0.892. The van der Waals surface area contributed by atoms with Crippen molar-refractivity contribution < 1.29 is 38.1 Å². The number of fused-ring (bicyclic) bond motifs is 1. The number of likely N-dealkylation sites (tertiary alicyclic amines) is 1. The molecule has 15 heteroatoms. The SMILES string of the molecule is CN(CCOCCOCCOCCC(=O)OC(C)(C)C)CC1CCCCN1CCN(C)C(=O)c1cccc(C(=O)Nc2ccc(N3CCCCC3)cc2-c2cc(C(=O)NC3CCCc4ccccc43)ccn2)c1. The van der Waals surface area contributed by atoms with Gasteiger partial charge in [-0.3, -0.25) is 29.1 Å². The van der Waals surface area contributed by atoms with Gasteiger partial charge in [0.05, 0.1) is 63.5 Å². The highest BCUT2D eigenvalue weighted by molar-refractivity contribution is 6.08. The summed E-state index contributed by atoms with van der Waals surface area (Å²) >= 11 is 0. The molecule has 7 rings (SSSR count). The van der Waals surface area contributed by atoms with E-state index in [-0.39, 0.29) is 36.2 Å². The number of carbonyl (C=O) groups excluding carboxylic acids is 4. The van der Waals surface area contributed by atoms with Gasteiger partial charge >= 0.3 is 5.97 Å². The summed E-state index contributed by atoms with van der Waals surface area (Å²) < 4.78 is 22.2. The van der Waals surface area contributed by atoms with Gasteiger partial charge in [-0.2, -0.15) is 0 Å². The van der Waals surface area contributed by atoms with Crippen LogP contribution >= 0.6 is 0 Å². The topological polar surface area (TPSA) is 155 Å². The molecule has 2 saturated heterocycles. The number of hydrogen-bond acceptors (Lipinski definition) is 12. The highest BCUT2D eigenvalue weighted by Gasteiger charge is 2.26. The van der Waals surface area contributed by atoms with E-state index in [0.717, 1.165) is 89.9 Å². The lowest BCUT2D eigenvalue weighted by molar-refractivity contribution is -0.156. The van der Waals surface area contributed by atoms with Crippen LogP contribution in [-0.2, 0) is 30.2 Å². The molecule has 0 saturated carbocycles. The molecule has 3 amide bonds. The third-order valence-electron chi connectivity index (χ3n) is 13.9. The molecule has 4 aromatic rings. The number of rotatable bonds is 24. The number of ether oxygens (including phenoxy) is 4. The van der Waals surface area contributed by atoms with Gasteiger partial charge in [0.1, 0.15) is 5.60 Å². The second kappa shape index (κ2) is 27.5. The molecule has 1 aromatic heterocycles. The monoisotopic (exact) mass is 1000 g/mol. The molecule has 0 spiro atoms. The number of pyridine rings is 1. The molecule has 2 aliphatic heterocycles. The van der Waals surface area contributed by atoms with Crippen molar-refractivity contribution in [2.75, 3.05) is 110 Å². The summed E-state index contributed by atoms with van der Waals surface area (Å²) in [5.41, 5.74) is 6.18. The Labute approximate surface area is 433 Å². The number of carbonyl (C=O) groups is 4. The molecule has 2 fully saturated rings. The smallest absolute Gasteiger partial charge is 0.308 e. The fourth-order valence-corrected chi connectivity index (χ4v) is 9.98. The molecule has 3 aromatic carbocycles. The third-order valence-corrected chi connectivity index (χ3v) is 13.9. The van der Waals surface area contributed by atoms with Crippen LogP contribution in [0.1, 0.15) is 127 Å². The van der Waals surface area contributed by atoms with Crippen LogP contribution in [0.4, 0.5) is 11.4 Å². The predicted octanol–water partition coefficient (Wildman–Crippen LogP) is 8.44. The number of aromatic nitrogens is 1. The normalized spacial score (nSPS) is 17.2. The Morgan fingerprint density at radius 3 is 2.23 bits per heavy atom. The number of amides is 3. The lowest BCUT2D eigenvalue weighted by atomic mass is 9.87. The standard InChI is InChI=1S/C58H79N7O8/c1-58(2,3)73-54(66)25-33-70-35-37-72-38-36-71-34-32-62(4)42-48-19-9-12-29-65(48)31-30-63(5)57(69)46-18-13-17-44(39-46)55(67)61-52-23-22-47(64-27-10-6-11-28-64)41-50(52)53-40-45(24-26-59-53)56(68)60-51-21-14-16-43-15-7-8-20-49(43)51/h7-8,13,15,17-18,20,22-24,26,39-41,48,51H,6,9-12,14,16,19,21,25,27-38,42H2,1-5H3,(H,60,68)(H,61,67). The van der Waals surface area contributed by atoms with E-state index in [2.05, 4.69) is 56.6 Å². The van der Waals surface area contributed by atoms with Crippen molar-refractivity contribution in [2.45, 2.75) is 103 Å². The zero-order chi connectivity index (χ0) is 51.6. The van der Waals surface area contributed by atoms with Crippen LogP contribution in [0.25, 0.3) is 11.3 Å². The minimum Gasteiger partial charge on any atom is -0.460 e. The molecule has 3 heterocycles. The van der Waals surface area contributed by atoms with Gasteiger partial charge in [0.2, 0.25) is 0 Å². The first kappa shape index (κ1) is 55.0. The van der Waals surface area contributed by atoms with E-state index in [9.17, 15) is 19.2 Å². The number of nitrogens with one attached hydrogen (secondary N) is 2. The fraction of sp³-hybridized carbons (Fsp3) is 0.534. The molecular formula is C58H79N7O8. The number of hydrogen-bond donors (Lipinski definition) is 2. The molecule has 1 aliphatic carbocycles. The van der Waals surface area contributed by atoms with Crippen LogP contribution in [0.3, 0.4) is 0 Å². The van der Waals surface area contributed by atoms with Crippen LogP contribution in [0.15, 0.2) is 85.1 Å². The van der Waals surface area contributed by atoms with Crippen molar-refractivity contribution in [3.05, 3.63) is 113 Å². The van der Waals surface area contributed by atoms with Crippen LogP contribution in [0, 0.1) is 0 Å². The number of likely N-dealkylation sites (N-methyl/N-ethyl adjacent to an activating group) is 2. The molecule has 3 aliphatic rings. The lowest BCUT2D eigenvalue weighted by Gasteiger charge is -2.38. The molecule has 394 valence electrons. The van der Waals surface area contributed by atoms with E-state index < -0.39 is 5.60 Å². The van der Waals surface area contributed by atoms with Crippen LogP contribution in [-0.4, -0.2) is 155 Å². The predicted molar refractivity (Wildman–Crippen MR) is 286 cm³/mol. The highest BCUT2D eigenvalue weighted by Crippen LogP contribution is 2.34. The number of anilines is 2. The van der Waals surface area contributed by atoms with Gasteiger partial charge < -0.3 is 44.3 Å². The lowest BCUT2D eigenvalue weighted by Crippen LogP contribution is -2.49. The first-order valence-corrected chi connectivity index (χ1v) is 26.6. The van der Waals surface area contributed by atoms with E-state index in [4.69, 9.17) is 23.9 Å². The first-order valence-electron chi connectivity index (χ1n) is 26.6. The van der Waals surface area contributed by atoms with E-state index in [1.807, 2.05) is 52.1 Å². The third kappa shape index (κ3) is 16.9. The molecule has 2 atom stereocenters. The molecule has 0 bridgehead atoms. The van der Waals surface area contributed by atoms with Gasteiger partial charge in [0.25, 0.3) is 17.7 Å². The van der Waals surface area contributed by atoms with E-state index in [0.29, 0.717) is 85.9 Å². The van der Waals surface area contributed by atoms with Crippen molar-refractivity contribution in [3.63, 3.8) is 0 Å². The Morgan fingerprint density at radius 1 is 0.712 bits per heavy atom. The average Bonchev–Trinajstić information content (AvgIpc) is 3.39. The molecule has 2 unspecified atom stereocenters. The summed E-state index contributed by atoms with van der Waals surface area (Å²) in [4.78, 5) is 67.3. The van der Waals surface area contributed by atoms with E-state index in [1.165, 1.54) is 24.0 Å². The highest BCUT2D eigenvalue weighted by atomic mass is 16.6. The van der Waals surface area contributed by atoms with Gasteiger partial charge in [0.15, 0.2) is 0 Å². The Bertz CT molecular complexity index is 2440. The number of piperidine rings is 2. The molecule has 0 radical (unpaired) electrons. The molecule has 2 N–H and O–H groups in total. The summed E-state index contributed by atoms with van der Waals surface area (Å²) in [6, 6.07) is 25.1. The van der Waals surface area contributed by atoms with E-state index in [1.54, 1.807) is 41.4 Å². The van der Waals surface area contributed by atoms with Crippen molar-refractivity contribution in [1.29, 1.82) is 0 Å². The first-order chi connectivity index (χ1) is 35.3. The zero-order valence-corrected chi connectivity index (χ0v) is 44.0. The van der Waals surface area contributed by atoms with Gasteiger partial charge in [-0.15, -0.1) is 0 Å². The second-order valence-electron chi connectivity index (χ2n) is 20.7. The Morgan fingerprint density at radius 2 is 1.44 bits per heavy atom.